The number of methoxy groups -OCH3 is 1. The van der Waals surface area contributed by atoms with E-state index in [4.69, 9.17) is 4.74 Å². The number of benzene rings is 2. The van der Waals surface area contributed by atoms with E-state index in [0.29, 0.717) is 5.75 Å². The van der Waals surface area contributed by atoms with E-state index in [1.807, 2.05) is 25.1 Å². The molecule has 0 radical (unpaired) electrons. The number of likely N-dealkylation sites (N-methyl/N-ethyl adjacent to an activating group) is 1. The number of aryl methyl sites for hydroxylation is 1. The van der Waals surface area contributed by atoms with Crippen LogP contribution >= 0.6 is 15.9 Å². The molecule has 3 rings (SSSR count). The van der Waals surface area contributed by atoms with Crippen LogP contribution in [0, 0.1) is 6.92 Å². The van der Waals surface area contributed by atoms with Gasteiger partial charge in [0.1, 0.15) is 5.75 Å². The maximum atomic E-state index is 13.1. The van der Waals surface area contributed by atoms with E-state index in [1.165, 1.54) is 10.4 Å². The molecular weight excluding hydrogens is 456 g/mol. The van der Waals surface area contributed by atoms with Gasteiger partial charge < -0.3 is 9.64 Å². The lowest BCUT2D eigenvalue weighted by Crippen LogP contribution is -2.45. The summed E-state index contributed by atoms with van der Waals surface area (Å²) in [6.45, 7) is 5.50. The Hall–Kier alpha value is -1.90. The molecule has 1 aliphatic heterocycles. The van der Waals surface area contributed by atoms with E-state index < -0.39 is 10.0 Å². The molecule has 0 fully saturated rings. The Labute approximate surface area is 180 Å². The summed E-state index contributed by atoms with van der Waals surface area (Å²) < 4.78 is 33.7. The number of rotatable bonds is 6. The molecule has 0 unspecified atom stereocenters. The zero-order valence-electron chi connectivity index (χ0n) is 17.0. The molecule has 2 aromatic rings. The highest BCUT2D eigenvalue weighted by atomic mass is 79.9. The summed E-state index contributed by atoms with van der Waals surface area (Å²) in [6, 6.07) is 10.5. The summed E-state index contributed by atoms with van der Waals surface area (Å²) in [5, 5.41) is 0. The van der Waals surface area contributed by atoms with Gasteiger partial charge >= 0.3 is 0 Å². The lowest BCUT2D eigenvalue weighted by Gasteiger charge is -2.27. The molecule has 156 valence electrons. The summed E-state index contributed by atoms with van der Waals surface area (Å²) >= 11 is 3.46. The maximum Gasteiger partial charge on any atom is 0.243 e. The van der Waals surface area contributed by atoms with E-state index in [-0.39, 0.29) is 29.9 Å². The van der Waals surface area contributed by atoms with Crippen molar-refractivity contribution in [2.24, 2.45) is 0 Å². The van der Waals surface area contributed by atoms with E-state index in [0.717, 1.165) is 27.7 Å². The number of carbonyl (C=O) groups excluding carboxylic acids is 1. The van der Waals surface area contributed by atoms with Crippen LogP contribution in [0.25, 0.3) is 0 Å². The topological polar surface area (TPSA) is 66.9 Å². The predicted octanol–water partition coefficient (Wildman–Crippen LogP) is 3.75. The van der Waals surface area contributed by atoms with Crippen molar-refractivity contribution in [2.75, 3.05) is 25.1 Å². The van der Waals surface area contributed by atoms with E-state index in [2.05, 4.69) is 15.9 Å². The molecule has 1 amide bonds. The molecule has 8 heteroatoms. The average molecular weight is 481 g/mol. The number of hydrogen-bond acceptors (Lipinski definition) is 4. The van der Waals surface area contributed by atoms with Crippen LogP contribution in [0.4, 0.5) is 5.69 Å². The number of hydrogen-bond donors (Lipinski definition) is 0. The second kappa shape index (κ2) is 8.45. The summed E-state index contributed by atoms with van der Waals surface area (Å²) in [4.78, 5) is 15.0. The first-order valence-electron chi connectivity index (χ1n) is 9.44. The fourth-order valence-electron chi connectivity index (χ4n) is 3.73. The Morgan fingerprint density at radius 1 is 1.28 bits per heavy atom. The largest absolute Gasteiger partial charge is 0.496 e. The van der Waals surface area contributed by atoms with Crippen LogP contribution in [0.3, 0.4) is 0 Å². The highest BCUT2D eigenvalue weighted by Gasteiger charge is 2.34. The number of fused-ring (bicyclic) bond motifs is 1. The molecule has 1 atom stereocenters. The average Bonchev–Trinajstić information content (AvgIpc) is 3.00. The highest BCUT2D eigenvalue weighted by Crippen LogP contribution is 2.34. The van der Waals surface area contributed by atoms with Gasteiger partial charge in [-0.15, -0.1) is 0 Å². The van der Waals surface area contributed by atoms with Crippen LogP contribution in [-0.2, 0) is 21.2 Å². The van der Waals surface area contributed by atoms with Gasteiger partial charge in [-0.2, -0.15) is 4.31 Å². The van der Waals surface area contributed by atoms with Gasteiger partial charge in [0, 0.05) is 22.7 Å². The molecule has 1 aliphatic rings. The molecule has 0 aromatic heterocycles. The Morgan fingerprint density at radius 2 is 2.00 bits per heavy atom. The van der Waals surface area contributed by atoms with Crippen molar-refractivity contribution in [2.45, 2.75) is 38.1 Å². The lowest BCUT2D eigenvalue weighted by atomic mass is 10.1. The molecule has 0 bridgehead atoms. The molecule has 1 heterocycles. The van der Waals surface area contributed by atoms with Gasteiger partial charge in [-0.1, -0.05) is 22.9 Å². The van der Waals surface area contributed by atoms with E-state index >= 15 is 0 Å². The van der Waals surface area contributed by atoms with Crippen LogP contribution in [0.5, 0.6) is 5.75 Å². The van der Waals surface area contributed by atoms with Crippen molar-refractivity contribution in [1.29, 1.82) is 0 Å². The Kier molecular flexibility index (Phi) is 6.36. The minimum absolute atomic E-state index is 0.0172. The van der Waals surface area contributed by atoms with Gasteiger partial charge in [-0.3, -0.25) is 4.79 Å². The molecule has 0 aliphatic carbocycles. The molecular formula is C21H25BrN2O4S. The molecule has 0 saturated carbocycles. The third-order valence-electron chi connectivity index (χ3n) is 5.19. The number of amides is 1. The molecule has 0 N–H and O–H groups in total. The standard InChI is InChI=1S/C21H25BrN2O4S/c1-5-23(29(26,27)18-7-9-20(28-4)14(2)10-18)13-21(25)24-15(3)11-16-12-17(22)6-8-19(16)24/h6-10,12,15H,5,11,13H2,1-4H3/t15-/m1/s1. The van der Waals surface area contributed by atoms with Gasteiger partial charge in [0.2, 0.25) is 15.9 Å². The highest BCUT2D eigenvalue weighted by molar-refractivity contribution is 9.10. The second-order valence-corrected chi connectivity index (χ2v) is 10.0. The molecule has 2 aromatic carbocycles. The second-order valence-electron chi connectivity index (χ2n) is 7.15. The Morgan fingerprint density at radius 3 is 2.62 bits per heavy atom. The smallest absolute Gasteiger partial charge is 0.243 e. The lowest BCUT2D eigenvalue weighted by molar-refractivity contribution is -0.119. The number of carbonyl (C=O) groups is 1. The number of anilines is 1. The fourth-order valence-corrected chi connectivity index (χ4v) is 5.63. The number of halogens is 1. The minimum Gasteiger partial charge on any atom is -0.496 e. The van der Waals surface area contributed by atoms with Crippen molar-refractivity contribution >= 4 is 37.5 Å². The first kappa shape index (κ1) is 21.8. The Balaban J connectivity index is 1.86. The fraction of sp³-hybridized carbons (Fsp3) is 0.381. The zero-order valence-corrected chi connectivity index (χ0v) is 19.4. The van der Waals surface area contributed by atoms with Crippen molar-refractivity contribution in [3.05, 3.63) is 52.0 Å². The number of sulfonamides is 1. The van der Waals surface area contributed by atoms with Crippen LogP contribution in [0.15, 0.2) is 45.8 Å². The molecule has 29 heavy (non-hydrogen) atoms. The normalized spacial score (nSPS) is 16.2. The van der Waals surface area contributed by atoms with Gasteiger partial charge in [-0.25, -0.2) is 8.42 Å². The van der Waals surface area contributed by atoms with E-state index in [9.17, 15) is 13.2 Å². The van der Waals surface area contributed by atoms with Crippen molar-refractivity contribution in [3.8, 4) is 5.75 Å². The van der Waals surface area contributed by atoms with Gasteiger partial charge in [-0.05, 0) is 67.8 Å². The molecule has 0 spiro atoms. The number of nitrogens with zero attached hydrogens (tertiary/aromatic N) is 2. The zero-order chi connectivity index (χ0) is 21.3. The predicted molar refractivity (Wildman–Crippen MR) is 117 cm³/mol. The van der Waals surface area contributed by atoms with Crippen LogP contribution in [0.2, 0.25) is 0 Å². The summed E-state index contributed by atoms with van der Waals surface area (Å²) in [5.74, 6) is 0.394. The summed E-state index contributed by atoms with van der Waals surface area (Å²) in [6.07, 6.45) is 0.747. The van der Waals surface area contributed by atoms with Crippen molar-refractivity contribution in [1.82, 2.24) is 4.31 Å². The van der Waals surface area contributed by atoms with E-state index in [1.54, 1.807) is 38.0 Å². The third-order valence-corrected chi connectivity index (χ3v) is 7.60. The molecule has 0 saturated heterocycles. The van der Waals surface area contributed by atoms with Gasteiger partial charge in [0.25, 0.3) is 0 Å². The summed E-state index contributed by atoms with van der Waals surface area (Å²) in [7, 11) is -2.26. The van der Waals surface area contributed by atoms with Crippen LogP contribution in [-0.4, -0.2) is 44.9 Å². The van der Waals surface area contributed by atoms with Crippen LogP contribution in [0.1, 0.15) is 25.0 Å². The first-order valence-corrected chi connectivity index (χ1v) is 11.7. The SMILES string of the molecule is CCN(CC(=O)N1c2ccc(Br)cc2C[C@H]1C)S(=O)(=O)c1ccc(OC)c(C)c1. The first-order chi connectivity index (χ1) is 13.7. The quantitative estimate of drug-likeness (QED) is 0.631. The Bertz CT molecular complexity index is 1040. The van der Waals surface area contributed by atoms with Crippen molar-refractivity contribution < 1.29 is 17.9 Å². The van der Waals surface area contributed by atoms with Gasteiger partial charge in [0.05, 0.1) is 18.6 Å². The van der Waals surface area contributed by atoms with Crippen molar-refractivity contribution in [3.63, 3.8) is 0 Å². The summed E-state index contributed by atoms with van der Waals surface area (Å²) in [5.41, 5.74) is 2.65. The molecule has 6 nitrogen and oxygen atoms in total. The van der Waals surface area contributed by atoms with Gasteiger partial charge in [0.15, 0.2) is 0 Å². The number of ether oxygens (including phenoxy) is 1. The monoisotopic (exact) mass is 480 g/mol. The minimum atomic E-state index is -3.80. The van der Waals surface area contributed by atoms with Crippen LogP contribution < -0.4 is 9.64 Å². The third kappa shape index (κ3) is 4.20. The maximum absolute atomic E-state index is 13.1.